The van der Waals surface area contributed by atoms with E-state index in [-0.39, 0.29) is 33.1 Å². The number of methoxy groups -OCH3 is 2. The largest absolute Gasteiger partial charge is 0.466 e. The Labute approximate surface area is 197 Å². The summed E-state index contributed by atoms with van der Waals surface area (Å²) in [7, 11) is 0.400. The van der Waals surface area contributed by atoms with Crippen molar-refractivity contribution < 1.29 is 19.1 Å². The Morgan fingerprint density at radius 2 is 0.719 bits per heavy atom. The van der Waals surface area contributed by atoms with Crippen LogP contribution in [0.3, 0.4) is 0 Å². The Hall–Kier alpha value is -0.720. The normalized spacial score (nSPS) is 26.3. The van der Waals surface area contributed by atoms with Gasteiger partial charge < -0.3 is 9.47 Å². The molecule has 2 spiro atoms. The molecular formula is C26H42O4P2. The van der Waals surface area contributed by atoms with E-state index < -0.39 is 25.6 Å². The van der Waals surface area contributed by atoms with Crippen molar-refractivity contribution in [1.29, 1.82) is 0 Å². The molecule has 0 saturated carbocycles. The summed E-state index contributed by atoms with van der Waals surface area (Å²) in [4.78, 5) is 26.4. The van der Waals surface area contributed by atoms with Crippen LogP contribution in [-0.2, 0) is 9.47 Å². The summed E-state index contributed by atoms with van der Waals surface area (Å²) in [5.41, 5.74) is 4.38. The Balaban J connectivity index is 2.35. The summed E-state index contributed by atoms with van der Waals surface area (Å²) in [6.07, 6.45) is 0. The van der Waals surface area contributed by atoms with E-state index in [9.17, 15) is 9.59 Å². The smallest absolute Gasteiger partial charge is 0.329 e. The summed E-state index contributed by atoms with van der Waals surface area (Å²) >= 11 is 0. The Bertz CT molecular complexity index is 804. The van der Waals surface area contributed by atoms with Gasteiger partial charge in [0.25, 0.3) is 0 Å². The number of allylic oxidation sites excluding steroid dienone is 4. The Morgan fingerprint density at radius 1 is 0.531 bits per heavy atom. The second kappa shape index (κ2) is 6.91. The van der Waals surface area contributed by atoms with Crippen LogP contribution in [0.25, 0.3) is 0 Å². The van der Waals surface area contributed by atoms with Crippen LogP contribution >= 0.6 is 15.8 Å². The molecule has 0 radical (unpaired) electrons. The van der Waals surface area contributed by atoms with E-state index >= 15 is 0 Å². The third kappa shape index (κ3) is 3.07. The topological polar surface area (TPSA) is 52.6 Å². The fourth-order valence-electron chi connectivity index (χ4n) is 6.34. The average molecular weight is 481 g/mol. The molecule has 0 bridgehead atoms. The van der Waals surface area contributed by atoms with Crippen LogP contribution in [0.15, 0.2) is 22.3 Å². The molecule has 0 aromatic rings. The minimum atomic E-state index is -1.30. The van der Waals surface area contributed by atoms with Gasteiger partial charge in [-0.05, 0) is 44.0 Å². The molecule has 0 N–H and O–H groups in total. The average Bonchev–Trinajstić information content (AvgIpc) is 3.44. The molecule has 2 aliphatic carbocycles. The van der Waals surface area contributed by atoms with Crippen molar-refractivity contribution in [3.8, 4) is 0 Å². The van der Waals surface area contributed by atoms with E-state index in [4.69, 9.17) is 9.47 Å². The van der Waals surface area contributed by atoms with Crippen molar-refractivity contribution >= 4 is 27.3 Å². The third-order valence-corrected chi connectivity index (χ3v) is 14.7. The lowest BCUT2D eigenvalue weighted by Crippen LogP contribution is -2.47. The second-order valence-corrected chi connectivity index (χ2v) is 18.9. The highest BCUT2D eigenvalue weighted by atomic mass is 31.2. The van der Waals surface area contributed by atoms with Gasteiger partial charge in [-0.2, -0.15) is 0 Å². The maximum absolute atomic E-state index is 13.7. The highest BCUT2D eigenvalue weighted by molar-refractivity contribution is 8.10. The summed E-state index contributed by atoms with van der Waals surface area (Å²) in [6, 6.07) is 0. The Morgan fingerprint density at radius 3 is 0.844 bits per heavy atom. The van der Waals surface area contributed by atoms with Crippen molar-refractivity contribution in [1.82, 2.24) is 0 Å². The molecule has 1 fully saturated rings. The van der Waals surface area contributed by atoms with Crippen LogP contribution < -0.4 is 0 Å². The van der Waals surface area contributed by atoms with Crippen molar-refractivity contribution in [3.05, 3.63) is 22.3 Å². The van der Waals surface area contributed by atoms with Crippen LogP contribution in [0.5, 0.6) is 0 Å². The molecule has 1 saturated heterocycles. The molecule has 1 heterocycles. The lowest BCUT2D eigenvalue weighted by Gasteiger charge is -2.57. The fourth-order valence-corrected chi connectivity index (χ4v) is 17.5. The van der Waals surface area contributed by atoms with E-state index in [2.05, 4.69) is 83.1 Å². The quantitative estimate of drug-likeness (QED) is 0.293. The zero-order valence-corrected chi connectivity index (χ0v) is 24.3. The number of hydrogen-bond donors (Lipinski definition) is 0. The minimum Gasteiger partial charge on any atom is -0.466 e. The van der Waals surface area contributed by atoms with Crippen LogP contribution in [0.1, 0.15) is 83.1 Å². The standard InChI is InChI=1S/C26H42O4P2/c1-21(2,3)15-16(22(4,5)6)25(15)31(19(27)29-13)26(32(25)20(28)30-14)17(23(7,8)9)18(26)24(10,11)12/h1-14H3. The minimum absolute atomic E-state index is 0.133. The fraction of sp³-hybridized carbons (Fsp3) is 0.769. The van der Waals surface area contributed by atoms with Gasteiger partial charge >= 0.3 is 11.4 Å². The van der Waals surface area contributed by atoms with Gasteiger partial charge in [-0.25, -0.2) is 9.59 Å². The SMILES string of the molecule is COC(=O)P1C2(C(C(C)(C)C)=C2C(C)(C)C)P(C(=O)OC)C12C(C(C)(C)C)=C2C(C)(C)C. The van der Waals surface area contributed by atoms with Gasteiger partial charge in [0.15, 0.2) is 0 Å². The van der Waals surface area contributed by atoms with Crippen molar-refractivity contribution in [2.75, 3.05) is 14.2 Å². The lowest BCUT2D eigenvalue weighted by molar-refractivity contribution is 0.197. The zero-order valence-electron chi connectivity index (χ0n) is 22.5. The third-order valence-electron chi connectivity index (χ3n) is 6.78. The highest BCUT2D eigenvalue weighted by Crippen LogP contribution is 3.10. The molecule has 180 valence electrons. The molecule has 1 aliphatic heterocycles. The van der Waals surface area contributed by atoms with Gasteiger partial charge in [0.05, 0.1) is 39.9 Å². The maximum atomic E-state index is 13.7. The zero-order chi connectivity index (χ0) is 25.0. The molecule has 3 rings (SSSR count). The monoisotopic (exact) mass is 480 g/mol. The van der Waals surface area contributed by atoms with Gasteiger partial charge in [-0.1, -0.05) is 83.1 Å². The van der Waals surface area contributed by atoms with E-state index in [1.54, 1.807) is 0 Å². The number of carbonyl (C=O) groups excluding carboxylic acids is 2. The lowest BCUT2D eigenvalue weighted by atomic mass is 9.89. The van der Waals surface area contributed by atoms with Crippen LogP contribution in [0.2, 0.25) is 0 Å². The van der Waals surface area contributed by atoms with Gasteiger partial charge in [0.2, 0.25) is 0 Å². The molecule has 0 unspecified atom stereocenters. The van der Waals surface area contributed by atoms with Crippen molar-refractivity contribution in [2.45, 2.75) is 92.9 Å². The summed E-state index contributed by atoms with van der Waals surface area (Å²) in [5.74, 6) is 0. The summed E-state index contributed by atoms with van der Waals surface area (Å²) < 4.78 is 11.0. The van der Waals surface area contributed by atoms with Crippen LogP contribution in [0, 0.1) is 21.7 Å². The molecular weight excluding hydrogens is 438 g/mol. The van der Waals surface area contributed by atoms with Crippen molar-refractivity contribution in [3.63, 3.8) is 0 Å². The molecule has 0 atom stereocenters. The van der Waals surface area contributed by atoms with E-state index in [0.717, 1.165) is 0 Å². The Kier molecular flexibility index (Phi) is 5.59. The van der Waals surface area contributed by atoms with Crippen LogP contribution in [-0.4, -0.2) is 35.4 Å². The first kappa shape index (κ1) is 25.9. The van der Waals surface area contributed by atoms with E-state index in [1.165, 1.54) is 36.5 Å². The summed E-state index contributed by atoms with van der Waals surface area (Å²) in [5, 5.41) is 0. The van der Waals surface area contributed by atoms with Gasteiger partial charge in [-0.15, -0.1) is 0 Å². The van der Waals surface area contributed by atoms with Gasteiger partial charge in [-0.3, -0.25) is 0 Å². The molecule has 4 nitrogen and oxygen atoms in total. The number of rotatable bonds is 2. The first-order chi connectivity index (χ1) is 14.2. The van der Waals surface area contributed by atoms with E-state index in [1.807, 2.05) is 0 Å². The first-order valence-electron chi connectivity index (χ1n) is 11.5. The van der Waals surface area contributed by atoms with Crippen molar-refractivity contribution in [2.24, 2.45) is 21.7 Å². The number of hydrogen-bond acceptors (Lipinski definition) is 4. The first-order valence-corrected chi connectivity index (χ1v) is 14.2. The molecule has 0 amide bonds. The highest BCUT2D eigenvalue weighted by Gasteiger charge is 2.93. The maximum Gasteiger partial charge on any atom is 0.329 e. The van der Waals surface area contributed by atoms with Gasteiger partial charge in [0, 0.05) is 0 Å². The number of ether oxygens (including phenoxy) is 2. The van der Waals surface area contributed by atoms with Gasteiger partial charge in [0.1, 0.15) is 0 Å². The number of carbonyl (C=O) groups is 2. The predicted octanol–water partition coefficient (Wildman–Crippen LogP) is 8.69. The molecule has 3 aliphatic rings. The second-order valence-electron chi connectivity index (χ2n) is 13.5. The molecule has 6 heteroatoms. The van der Waals surface area contributed by atoms with Crippen LogP contribution in [0.4, 0.5) is 9.59 Å². The molecule has 32 heavy (non-hydrogen) atoms. The predicted molar refractivity (Wildman–Crippen MR) is 136 cm³/mol. The molecule has 0 aromatic carbocycles. The summed E-state index contributed by atoms with van der Waals surface area (Å²) in [6.45, 7) is 26.5. The molecule has 0 aromatic heterocycles. The van der Waals surface area contributed by atoms with E-state index in [0.29, 0.717) is 0 Å².